The molecule has 0 aliphatic carbocycles. The van der Waals surface area contributed by atoms with E-state index in [4.69, 9.17) is 5.73 Å². The first-order valence-corrected chi connectivity index (χ1v) is 6.60. The highest BCUT2D eigenvalue weighted by Crippen LogP contribution is 2.17. The lowest BCUT2D eigenvalue weighted by Crippen LogP contribution is -2.14. The van der Waals surface area contributed by atoms with Gasteiger partial charge in [-0.3, -0.25) is 4.79 Å². The maximum absolute atomic E-state index is 11.8. The maximum Gasteiger partial charge on any atom is 0.224 e. The van der Waals surface area contributed by atoms with Crippen LogP contribution in [0.3, 0.4) is 0 Å². The van der Waals surface area contributed by atoms with Crippen LogP contribution in [0.5, 0.6) is 0 Å². The smallest absolute Gasteiger partial charge is 0.224 e. The van der Waals surface area contributed by atoms with E-state index in [1.807, 2.05) is 32.0 Å². The summed E-state index contributed by atoms with van der Waals surface area (Å²) < 4.78 is 0. The number of benzene rings is 1. The molecule has 1 rings (SSSR count). The van der Waals surface area contributed by atoms with Gasteiger partial charge in [0.15, 0.2) is 0 Å². The van der Waals surface area contributed by atoms with E-state index in [0.29, 0.717) is 18.9 Å². The number of carbonyl (C=O) groups excluding carboxylic acids is 1. The molecule has 1 amide bonds. The Hall–Kier alpha value is -1.35. The molecule has 0 heterocycles. The van der Waals surface area contributed by atoms with Gasteiger partial charge < -0.3 is 11.1 Å². The van der Waals surface area contributed by atoms with Crippen molar-refractivity contribution in [1.82, 2.24) is 0 Å². The van der Waals surface area contributed by atoms with E-state index >= 15 is 0 Å². The van der Waals surface area contributed by atoms with Gasteiger partial charge in [0.25, 0.3) is 0 Å². The predicted octanol–water partition coefficient (Wildman–Crippen LogP) is 3.01. The molecule has 0 fully saturated rings. The summed E-state index contributed by atoms with van der Waals surface area (Å²) in [7, 11) is 0. The van der Waals surface area contributed by atoms with E-state index in [-0.39, 0.29) is 5.91 Å². The van der Waals surface area contributed by atoms with Gasteiger partial charge in [-0.1, -0.05) is 19.1 Å². The van der Waals surface area contributed by atoms with Gasteiger partial charge in [-0.2, -0.15) is 0 Å². The van der Waals surface area contributed by atoms with Crippen LogP contribution in [0.15, 0.2) is 18.2 Å². The minimum Gasteiger partial charge on any atom is -0.330 e. The molecule has 0 aliphatic rings. The highest BCUT2D eigenvalue weighted by Gasteiger charge is 2.08. The lowest BCUT2D eigenvalue weighted by molar-refractivity contribution is -0.116. The summed E-state index contributed by atoms with van der Waals surface area (Å²) in [6.45, 7) is 6.86. The monoisotopic (exact) mass is 248 g/mol. The summed E-state index contributed by atoms with van der Waals surface area (Å²) in [4.78, 5) is 11.8. The Morgan fingerprint density at radius 2 is 2.06 bits per heavy atom. The summed E-state index contributed by atoms with van der Waals surface area (Å²) in [5.74, 6) is 0.604. The number of nitrogens with two attached hydrogens (primary N) is 1. The van der Waals surface area contributed by atoms with Crippen LogP contribution in [0.2, 0.25) is 0 Å². The normalized spacial score (nSPS) is 12.2. The van der Waals surface area contributed by atoms with Crippen LogP contribution in [0, 0.1) is 19.8 Å². The van der Waals surface area contributed by atoms with Crippen LogP contribution in [0.1, 0.15) is 37.3 Å². The fourth-order valence-corrected chi connectivity index (χ4v) is 1.89. The zero-order valence-electron chi connectivity index (χ0n) is 11.6. The summed E-state index contributed by atoms with van der Waals surface area (Å²) in [6.07, 6.45) is 2.44. The van der Waals surface area contributed by atoms with E-state index in [2.05, 4.69) is 12.2 Å². The van der Waals surface area contributed by atoms with Crippen molar-refractivity contribution in [2.75, 3.05) is 11.9 Å². The third-order valence-corrected chi connectivity index (χ3v) is 3.19. The number of hydrogen-bond donors (Lipinski definition) is 2. The van der Waals surface area contributed by atoms with Gasteiger partial charge in [-0.25, -0.2) is 0 Å². The van der Waals surface area contributed by atoms with Gasteiger partial charge in [0.1, 0.15) is 0 Å². The van der Waals surface area contributed by atoms with E-state index in [1.165, 1.54) is 0 Å². The second-order valence-corrected chi connectivity index (χ2v) is 5.09. The first-order valence-electron chi connectivity index (χ1n) is 6.60. The summed E-state index contributed by atoms with van der Waals surface area (Å²) >= 11 is 0. The highest BCUT2D eigenvalue weighted by atomic mass is 16.1. The largest absolute Gasteiger partial charge is 0.330 e. The fraction of sp³-hybridized carbons (Fsp3) is 0.533. The molecule has 1 atom stereocenters. The van der Waals surface area contributed by atoms with Crippen LogP contribution >= 0.6 is 0 Å². The van der Waals surface area contributed by atoms with Crippen LogP contribution in [-0.2, 0) is 4.79 Å². The average Bonchev–Trinajstić information content (AvgIpc) is 2.32. The van der Waals surface area contributed by atoms with Gasteiger partial charge >= 0.3 is 0 Å². The van der Waals surface area contributed by atoms with E-state index in [9.17, 15) is 4.79 Å². The summed E-state index contributed by atoms with van der Waals surface area (Å²) in [5.41, 5.74) is 8.68. The summed E-state index contributed by atoms with van der Waals surface area (Å²) in [5, 5.41) is 2.98. The lowest BCUT2D eigenvalue weighted by atomic mass is 10.0. The van der Waals surface area contributed by atoms with Gasteiger partial charge in [0.05, 0.1) is 0 Å². The number of aryl methyl sites for hydroxylation is 2. The zero-order chi connectivity index (χ0) is 13.5. The number of amides is 1. The van der Waals surface area contributed by atoms with Crippen molar-refractivity contribution in [1.29, 1.82) is 0 Å². The Bertz CT molecular complexity index is 401. The Morgan fingerprint density at radius 1 is 1.33 bits per heavy atom. The minimum atomic E-state index is 0.0903. The van der Waals surface area contributed by atoms with Crippen molar-refractivity contribution in [2.45, 2.75) is 40.0 Å². The van der Waals surface area contributed by atoms with Gasteiger partial charge in [0.2, 0.25) is 5.91 Å². The standard InChI is InChI=1S/C15H24N2O/c1-11(8-9-16)5-7-15(18)17-14-10-12(2)4-6-13(14)3/h4,6,10-11H,5,7-9,16H2,1-3H3,(H,17,18). The lowest BCUT2D eigenvalue weighted by Gasteiger charge is -2.11. The molecule has 0 aliphatic heterocycles. The SMILES string of the molecule is Cc1ccc(C)c(NC(=O)CCC(C)CCN)c1. The van der Waals surface area contributed by atoms with Crippen LogP contribution < -0.4 is 11.1 Å². The molecule has 18 heavy (non-hydrogen) atoms. The number of anilines is 1. The second-order valence-electron chi connectivity index (χ2n) is 5.09. The number of nitrogens with one attached hydrogen (secondary N) is 1. The van der Waals surface area contributed by atoms with Crippen molar-refractivity contribution in [2.24, 2.45) is 11.7 Å². The van der Waals surface area contributed by atoms with E-state index < -0.39 is 0 Å². The van der Waals surface area contributed by atoms with Crippen molar-refractivity contribution >= 4 is 11.6 Å². The molecular formula is C15H24N2O. The summed E-state index contributed by atoms with van der Waals surface area (Å²) in [6, 6.07) is 6.09. The molecule has 100 valence electrons. The third kappa shape index (κ3) is 4.88. The molecule has 0 radical (unpaired) electrons. The van der Waals surface area contributed by atoms with Crippen molar-refractivity contribution in [3.8, 4) is 0 Å². The molecule has 3 nitrogen and oxygen atoms in total. The van der Waals surface area contributed by atoms with Crippen LogP contribution in [-0.4, -0.2) is 12.5 Å². The Labute approximate surface area is 110 Å². The third-order valence-electron chi connectivity index (χ3n) is 3.19. The predicted molar refractivity (Wildman–Crippen MR) is 76.6 cm³/mol. The molecule has 1 aromatic carbocycles. The molecule has 0 bridgehead atoms. The molecular weight excluding hydrogens is 224 g/mol. The number of rotatable bonds is 6. The van der Waals surface area contributed by atoms with Crippen molar-refractivity contribution < 1.29 is 4.79 Å². The maximum atomic E-state index is 11.8. The molecule has 3 heteroatoms. The van der Waals surface area contributed by atoms with Gasteiger partial charge in [-0.15, -0.1) is 0 Å². The van der Waals surface area contributed by atoms with Crippen molar-refractivity contribution in [3.63, 3.8) is 0 Å². The Kier molecular flexibility index (Phi) is 5.86. The molecule has 1 aromatic rings. The van der Waals surface area contributed by atoms with E-state index in [1.54, 1.807) is 0 Å². The minimum absolute atomic E-state index is 0.0903. The number of carbonyl (C=O) groups is 1. The van der Waals surface area contributed by atoms with Gasteiger partial charge in [-0.05, 0) is 56.3 Å². The molecule has 1 unspecified atom stereocenters. The van der Waals surface area contributed by atoms with Gasteiger partial charge in [0, 0.05) is 12.1 Å². The van der Waals surface area contributed by atoms with E-state index in [0.717, 1.165) is 29.7 Å². The zero-order valence-corrected chi connectivity index (χ0v) is 11.6. The Balaban J connectivity index is 2.47. The average molecular weight is 248 g/mol. The topological polar surface area (TPSA) is 55.1 Å². The van der Waals surface area contributed by atoms with Crippen LogP contribution in [0.25, 0.3) is 0 Å². The fourth-order valence-electron chi connectivity index (χ4n) is 1.89. The first kappa shape index (κ1) is 14.7. The second kappa shape index (κ2) is 7.17. The molecule has 0 spiro atoms. The Morgan fingerprint density at radius 3 is 2.72 bits per heavy atom. The first-order chi connectivity index (χ1) is 8.52. The number of hydrogen-bond acceptors (Lipinski definition) is 2. The molecule has 0 aromatic heterocycles. The van der Waals surface area contributed by atoms with Crippen molar-refractivity contribution in [3.05, 3.63) is 29.3 Å². The molecule has 0 saturated carbocycles. The quantitative estimate of drug-likeness (QED) is 0.813. The highest BCUT2D eigenvalue weighted by molar-refractivity contribution is 5.91. The molecule has 3 N–H and O–H groups in total. The molecule has 0 saturated heterocycles. The van der Waals surface area contributed by atoms with Crippen LogP contribution in [0.4, 0.5) is 5.69 Å².